The Kier molecular flexibility index (Phi) is 9.92. The summed E-state index contributed by atoms with van der Waals surface area (Å²) in [6.07, 6.45) is 1.82. The van der Waals surface area contributed by atoms with Gasteiger partial charge in [-0.2, -0.15) is 0 Å². The van der Waals surface area contributed by atoms with Crippen LogP contribution in [0.3, 0.4) is 0 Å². The van der Waals surface area contributed by atoms with Crippen molar-refractivity contribution in [3.8, 4) is 23.0 Å². The van der Waals surface area contributed by atoms with E-state index >= 15 is 0 Å². The Balaban J connectivity index is 1.41. The van der Waals surface area contributed by atoms with Gasteiger partial charge in [0.1, 0.15) is 24.8 Å². The van der Waals surface area contributed by atoms with E-state index < -0.39 is 17.7 Å². The number of nitrogens with zero attached hydrogens (tertiary/aromatic N) is 3. The van der Waals surface area contributed by atoms with Gasteiger partial charge in [0.05, 0.1) is 24.8 Å². The first-order valence-corrected chi connectivity index (χ1v) is 17.0. The number of Topliss-reactive ketones (excluding diaryl/α,β-unsaturated/α-hetero) is 1. The molecule has 1 fully saturated rings. The SMILES string of the molecule is CCCCOc1ccc(C2/C(=C(\O)c3ccc4c(c3)OCCO4)C(=O)C(=O)N2c2nnc(SCc3ccc(F)cc3)s2)cc1OCC. The van der Waals surface area contributed by atoms with Crippen molar-refractivity contribution in [2.24, 2.45) is 0 Å². The summed E-state index contributed by atoms with van der Waals surface area (Å²) in [7, 11) is 0. The predicted molar refractivity (Wildman–Crippen MR) is 176 cm³/mol. The molecule has 2 aliphatic heterocycles. The first kappa shape index (κ1) is 32.3. The molecule has 0 aliphatic carbocycles. The van der Waals surface area contributed by atoms with Crippen LogP contribution >= 0.6 is 23.1 Å². The van der Waals surface area contributed by atoms with Crippen molar-refractivity contribution in [3.63, 3.8) is 0 Å². The van der Waals surface area contributed by atoms with E-state index in [9.17, 15) is 19.1 Å². The number of amides is 1. The molecule has 1 aromatic heterocycles. The topological polar surface area (TPSA) is 120 Å². The van der Waals surface area contributed by atoms with Crippen LogP contribution in [0.15, 0.2) is 70.6 Å². The molecule has 0 bridgehead atoms. The van der Waals surface area contributed by atoms with Gasteiger partial charge in [0.2, 0.25) is 5.13 Å². The molecular weight excluding hydrogens is 646 g/mol. The van der Waals surface area contributed by atoms with Gasteiger partial charge in [-0.1, -0.05) is 54.6 Å². The zero-order chi connectivity index (χ0) is 32.9. The average Bonchev–Trinajstić information content (AvgIpc) is 3.66. The third-order valence-electron chi connectivity index (χ3n) is 7.48. The highest BCUT2D eigenvalue weighted by Gasteiger charge is 2.48. The van der Waals surface area contributed by atoms with Gasteiger partial charge < -0.3 is 24.1 Å². The van der Waals surface area contributed by atoms with Crippen molar-refractivity contribution < 1.29 is 38.0 Å². The van der Waals surface area contributed by atoms with Gasteiger partial charge >= 0.3 is 5.91 Å². The molecule has 47 heavy (non-hydrogen) atoms. The molecule has 6 rings (SSSR count). The molecule has 10 nitrogen and oxygen atoms in total. The number of halogens is 1. The number of aliphatic hydroxyl groups excluding tert-OH is 1. The maximum Gasteiger partial charge on any atom is 0.301 e. The van der Waals surface area contributed by atoms with Gasteiger partial charge in [0.15, 0.2) is 27.3 Å². The number of thioether (sulfide) groups is 1. The van der Waals surface area contributed by atoms with E-state index in [1.165, 1.54) is 28.8 Å². The molecule has 1 N–H and O–H groups in total. The van der Waals surface area contributed by atoms with Crippen LogP contribution in [0.5, 0.6) is 23.0 Å². The van der Waals surface area contributed by atoms with Crippen molar-refractivity contribution in [1.29, 1.82) is 0 Å². The lowest BCUT2D eigenvalue weighted by Gasteiger charge is -2.24. The van der Waals surface area contributed by atoms with Crippen molar-refractivity contribution in [2.75, 3.05) is 31.3 Å². The second kappa shape index (κ2) is 14.4. The highest BCUT2D eigenvalue weighted by atomic mass is 32.2. The van der Waals surface area contributed by atoms with Gasteiger partial charge in [-0.15, -0.1) is 10.2 Å². The van der Waals surface area contributed by atoms with Crippen LogP contribution in [0.2, 0.25) is 0 Å². The number of hydrogen-bond donors (Lipinski definition) is 1. The fourth-order valence-corrected chi connectivity index (χ4v) is 7.01. The number of hydrogen-bond acceptors (Lipinski definition) is 11. The number of carbonyl (C=O) groups is 2. The molecular formula is C34H32FN3O7S2. The molecule has 2 aliphatic rings. The van der Waals surface area contributed by atoms with Crippen LogP contribution in [0.25, 0.3) is 5.76 Å². The van der Waals surface area contributed by atoms with E-state index in [2.05, 4.69) is 17.1 Å². The second-order valence-electron chi connectivity index (χ2n) is 10.6. The fraction of sp³-hybridized carbons (Fsp3) is 0.294. The highest BCUT2D eigenvalue weighted by Crippen LogP contribution is 2.46. The summed E-state index contributed by atoms with van der Waals surface area (Å²) in [6.45, 7) is 5.52. The van der Waals surface area contributed by atoms with E-state index in [0.717, 1.165) is 29.7 Å². The maximum atomic E-state index is 13.8. The van der Waals surface area contributed by atoms with Crippen LogP contribution in [0.1, 0.15) is 49.4 Å². The van der Waals surface area contributed by atoms with Crippen molar-refractivity contribution in [1.82, 2.24) is 10.2 Å². The number of rotatable bonds is 12. The summed E-state index contributed by atoms with van der Waals surface area (Å²) < 4.78 is 37.1. The van der Waals surface area contributed by atoms with Gasteiger partial charge in [-0.25, -0.2) is 4.39 Å². The number of carbonyl (C=O) groups excluding carboxylic acids is 2. The Labute approximate surface area is 279 Å². The summed E-state index contributed by atoms with van der Waals surface area (Å²) in [6, 6.07) is 15.1. The maximum absolute atomic E-state index is 13.8. The van der Waals surface area contributed by atoms with Crippen molar-refractivity contribution >= 4 is 45.7 Å². The van der Waals surface area contributed by atoms with Gasteiger partial charge in [0, 0.05) is 11.3 Å². The van der Waals surface area contributed by atoms with E-state index in [1.54, 1.807) is 48.5 Å². The number of benzene rings is 3. The molecule has 1 saturated heterocycles. The quantitative estimate of drug-likeness (QED) is 0.0422. The molecule has 1 unspecified atom stereocenters. The molecule has 13 heteroatoms. The van der Waals surface area contributed by atoms with Crippen molar-refractivity contribution in [2.45, 2.75) is 42.8 Å². The summed E-state index contributed by atoms with van der Waals surface area (Å²) >= 11 is 2.51. The lowest BCUT2D eigenvalue weighted by atomic mass is 9.95. The minimum absolute atomic E-state index is 0.121. The van der Waals surface area contributed by atoms with Crippen LogP contribution in [-0.2, 0) is 15.3 Å². The minimum atomic E-state index is -1.06. The van der Waals surface area contributed by atoms with Gasteiger partial charge in [-0.05, 0) is 66.9 Å². The first-order valence-electron chi connectivity index (χ1n) is 15.2. The Morgan fingerprint density at radius 1 is 1.00 bits per heavy atom. The van der Waals surface area contributed by atoms with E-state index in [4.69, 9.17) is 18.9 Å². The van der Waals surface area contributed by atoms with E-state index in [1.807, 2.05) is 6.92 Å². The normalized spacial score (nSPS) is 16.8. The molecule has 0 saturated carbocycles. The lowest BCUT2D eigenvalue weighted by Crippen LogP contribution is -2.29. The number of fused-ring (bicyclic) bond motifs is 1. The van der Waals surface area contributed by atoms with E-state index in [0.29, 0.717) is 65.1 Å². The zero-order valence-electron chi connectivity index (χ0n) is 25.7. The molecule has 4 aromatic rings. The molecule has 0 spiro atoms. The molecule has 3 heterocycles. The largest absolute Gasteiger partial charge is 0.507 e. The zero-order valence-corrected chi connectivity index (χ0v) is 27.4. The summed E-state index contributed by atoms with van der Waals surface area (Å²) in [5.74, 6) is -0.0167. The Hall–Kier alpha value is -4.62. The molecule has 1 atom stereocenters. The van der Waals surface area contributed by atoms with Crippen LogP contribution < -0.4 is 23.8 Å². The third kappa shape index (κ3) is 6.91. The number of aliphatic hydroxyl groups is 1. The fourth-order valence-electron chi connectivity index (χ4n) is 5.18. The number of aromatic nitrogens is 2. The minimum Gasteiger partial charge on any atom is -0.507 e. The van der Waals surface area contributed by atoms with Crippen LogP contribution in [0.4, 0.5) is 9.52 Å². The summed E-state index contributed by atoms with van der Waals surface area (Å²) in [5.41, 5.74) is 1.56. The Bertz CT molecular complexity index is 1810. The smallest absolute Gasteiger partial charge is 0.301 e. The monoisotopic (exact) mass is 677 g/mol. The third-order valence-corrected chi connectivity index (χ3v) is 9.60. The molecule has 0 radical (unpaired) electrons. The second-order valence-corrected chi connectivity index (χ2v) is 12.8. The van der Waals surface area contributed by atoms with Crippen LogP contribution in [-0.4, -0.2) is 53.4 Å². The number of ketones is 1. The van der Waals surface area contributed by atoms with Crippen molar-refractivity contribution in [3.05, 3.63) is 88.7 Å². The lowest BCUT2D eigenvalue weighted by molar-refractivity contribution is -0.132. The van der Waals surface area contributed by atoms with Crippen LogP contribution in [0, 0.1) is 5.82 Å². The molecule has 244 valence electrons. The molecule has 1 amide bonds. The number of anilines is 1. The van der Waals surface area contributed by atoms with Gasteiger partial charge in [0.25, 0.3) is 5.78 Å². The Morgan fingerprint density at radius 3 is 2.55 bits per heavy atom. The molecule has 3 aromatic carbocycles. The van der Waals surface area contributed by atoms with Gasteiger partial charge in [-0.3, -0.25) is 14.5 Å². The highest BCUT2D eigenvalue weighted by molar-refractivity contribution is 8.00. The summed E-state index contributed by atoms with van der Waals surface area (Å²) in [4.78, 5) is 28.8. The summed E-state index contributed by atoms with van der Waals surface area (Å²) in [5, 5.41) is 20.4. The standard InChI is InChI=1S/C34H32FN3O7S2/c1-3-5-14-43-24-12-8-21(17-26(24)42-4-2)29-28(30(39)22-9-13-25-27(18-22)45-16-15-44-25)31(40)32(41)38(29)33-36-37-34(47-33)46-19-20-6-10-23(35)11-7-20/h6-13,17-18,29,39H,3-5,14-16,19H2,1-2H3/b30-28+. The van der Waals surface area contributed by atoms with E-state index in [-0.39, 0.29) is 27.8 Å². The first-order chi connectivity index (χ1) is 22.9. The predicted octanol–water partition coefficient (Wildman–Crippen LogP) is 6.94. The Morgan fingerprint density at radius 2 is 1.79 bits per heavy atom. The average molecular weight is 678 g/mol. The number of ether oxygens (including phenoxy) is 4. The number of unbranched alkanes of at least 4 members (excludes halogenated alkanes) is 1.